The van der Waals surface area contributed by atoms with Crippen LogP contribution in [0.5, 0.6) is 0 Å². The van der Waals surface area contributed by atoms with E-state index in [1.807, 2.05) is 0 Å². The third-order valence-corrected chi connectivity index (χ3v) is 3.64. The van der Waals surface area contributed by atoms with Gasteiger partial charge in [0, 0.05) is 41.8 Å². The van der Waals surface area contributed by atoms with Crippen molar-refractivity contribution in [1.82, 2.24) is 10.6 Å². The zero-order valence-corrected chi connectivity index (χ0v) is 10.8. The van der Waals surface area contributed by atoms with Crippen molar-refractivity contribution in [3.63, 3.8) is 0 Å². The Kier molecular flexibility index (Phi) is 6.64. The van der Waals surface area contributed by atoms with E-state index in [1.165, 1.54) is 12.8 Å². The Labute approximate surface area is 100 Å². The summed E-state index contributed by atoms with van der Waals surface area (Å²) in [6.07, 6.45) is 6.61. The van der Waals surface area contributed by atoms with Crippen LogP contribution in [-0.2, 0) is 15.6 Å². The lowest BCUT2D eigenvalue weighted by Crippen LogP contribution is -2.39. The summed E-state index contributed by atoms with van der Waals surface area (Å²) < 4.78 is 10.8. The number of carbonyl (C=O) groups is 1. The van der Waals surface area contributed by atoms with Crippen LogP contribution in [0.3, 0.4) is 0 Å². The molecule has 1 amide bonds. The van der Waals surface area contributed by atoms with Gasteiger partial charge in [-0.15, -0.1) is 0 Å². The van der Waals surface area contributed by atoms with Crippen molar-refractivity contribution in [3.05, 3.63) is 0 Å². The zero-order valence-electron chi connectivity index (χ0n) is 9.96. The van der Waals surface area contributed by atoms with Crippen LogP contribution >= 0.6 is 0 Å². The van der Waals surface area contributed by atoms with Gasteiger partial charge in [-0.25, -0.2) is 0 Å². The van der Waals surface area contributed by atoms with Crippen LogP contribution in [0.1, 0.15) is 32.1 Å². The van der Waals surface area contributed by atoms with E-state index in [-0.39, 0.29) is 5.91 Å². The minimum absolute atomic E-state index is 0.112. The number of hydrogen-bond acceptors (Lipinski definition) is 3. The summed E-state index contributed by atoms with van der Waals surface area (Å²) in [7, 11) is -0.750. The molecule has 0 aliphatic carbocycles. The molecule has 1 heterocycles. The molecule has 1 rings (SSSR count). The fourth-order valence-electron chi connectivity index (χ4n) is 1.90. The van der Waals surface area contributed by atoms with Crippen molar-refractivity contribution in [2.45, 2.75) is 38.1 Å². The lowest BCUT2D eigenvalue weighted by Gasteiger charge is -2.22. The monoisotopic (exact) mass is 246 g/mol. The molecule has 1 fully saturated rings. The maximum atomic E-state index is 11.5. The highest BCUT2D eigenvalue weighted by Crippen LogP contribution is 2.09. The molecule has 0 saturated carbocycles. The number of rotatable bonds is 6. The van der Waals surface area contributed by atoms with E-state index in [9.17, 15) is 9.00 Å². The first kappa shape index (κ1) is 13.6. The SMILES string of the molecule is CS(=O)CCCNC(=O)CC1CCCCN1. The molecule has 1 aliphatic rings. The van der Waals surface area contributed by atoms with Crippen molar-refractivity contribution in [2.24, 2.45) is 0 Å². The molecule has 16 heavy (non-hydrogen) atoms. The quantitative estimate of drug-likeness (QED) is 0.667. The van der Waals surface area contributed by atoms with Crippen LogP contribution in [0, 0.1) is 0 Å². The summed E-state index contributed by atoms with van der Waals surface area (Å²) in [5.74, 6) is 0.781. The van der Waals surface area contributed by atoms with Gasteiger partial charge in [-0.2, -0.15) is 0 Å². The van der Waals surface area contributed by atoms with Crippen molar-refractivity contribution in [3.8, 4) is 0 Å². The Morgan fingerprint density at radius 3 is 2.94 bits per heavy atom. The van der Waals surface area contributed by atoms with Crippen LogP contribution < -0.4 is 10.6 Å². The summed E-state index contributed by atoms with van der Waals surface area (Å²) >= 11 is 0. The fraction of sp³-hybridized carbons (Fsp3) is 0.909. The van der Waals surface area contributed by atoms with Gasteiger partial charge in [-0.1, -0.05) is 6.42 Å². The van der Waals surface area contributed by atoms with Gasteiger partial charge in [0.05, 0.1) is 0 Å². The van der Waals surface area contributed by atoms with Gasteiger partial charge in [-0.3, -0.25) is 9.00 Å². The smallest absolute Gasteiger partial charge is 0.221 e. The molecule has 1 aliphatic heterocycles. The topological polar surface area (TPSA) is 58.2 Å². The van der Waals surface area contributed by atoms with E-state index in [2.05, 4.69) is 10.6 Å². The molecule has 1 saturated heterocycles. The fourth-order valence-corrected chi connectivity index (χ4v) is 2.45. The Hall–Kier alpha value is -0.420. The van der Waals surface area contributed by atoms with Crippen LogP contribution in [-0.4, -0.2) is 41.3 Å². The maximum Gasteiger partial charge on any atom is 0.221 e. The summed E-state index contributed by atoms with van der Waals surface area (Å²) in [4.78, 5) is 11.5. The summed E-state index contributed by atoms with van der Waals surface area (Å²) in [6.45, 7) is 1.68. The van der Waals surface area contributed by atoms with E-state index < -0.39 is 10.8 Å². The Bertz CT molecular complexity index is 240. The van der Waals surface area contributed by atoms with Gasteiger partial charge in [0.15, 0.2) is 0 Å². The number of amides is 1. The number of piperidine rings is 1. The van der Waals surface area contributed by atoms with Crippen LogP contribution in [0.4, 0.5) is 0 Å². The summed E-state index contributed by atoms with van der Waals surface area (Å²) in [5, 5.41) is 6.22. The zero-order chi connectivity index (χ0) is 11.8. The van der Waals surface area contributed by atoms with E-state index >= 15 is 0 Å². The van der Waals surface area contributed by atoms with Crippen molar-refractivity contribution < 1.29 is 9.00 Å². The van der Waals surface area contributed by atoms with Gasteiger partial charge in [-0.05, 0) is 25.8 Å². The molecule has 94 valence electrons. The second-order valence-corrected chi connectivity index (χ2v) is 5.89. The first-order chi connectivity index (χ1) is 7.68. The molecule has 2 atom stereocenters. The van der Waals surface area contributed by atoms with Crippen LogP contribution in [0.2, 0.25) is 0 Å². The lowest BCUT2D eigenvalue weighted by molar-refractivity contribution is -0.121. The van der Waals surface area contributed by atoms with E-state index in [0.717, 1.165) is 19.4 Å². The minimum atomic E-state index is -0.750. The first-order valence-electron chi connectivity index (χ1n) is 5.98. The molecule has 0 radical (unpaired) electrons. The third-order valence-electron chi connectivity index (χ3n) is 2.77. The average molecular weight is 246 g/mol. The second kappa shape index (κ2) is 7.79. The predicted molar refractivity (Wildman–Crippen MR) is 66.8 cm³/mol. The molecule has 2 unspecified atom stereocenters. The van der Waals surface area contributed by atoms with Gasteiger partial charge in [0.25, 0.3) is 0 Å². The van der Waals surface area contributed by atoms with E-state index in [1.54, 1.807) is 6.26 Å². The summed E-state index contributed by atoms with van der Waals surface area (Å²) in [6, 6.07) is 0.356. The van der Waals surface area contributed by atoms with Gasteiger partial charge >= 0.3 is 0 Å². The Balaban J connectivity index is 2.03. The third kappa shape index (κ3) is 6.23. The van der Waals surface area contributed by atoms with Crippen molar-refractivity contribution >= 4 is 16.7 Å². The molecular weight excluding hydrogens is 224 g/mol. The number of carbonyl (C=O) groups excluding carboxylic acids is 1. The minimum Gasteiger partial charge on any atom is -0.356 e. The average Bonchev–Trinajstić information content (AvgIpc) is 2.25. The highest BCUT2D eigenvalue weighted by molar-refractivity contribution is 7.84. The Morgan fingerprint density at radius 2 is 2.31 bits per heavy atom. The molecule has 0 aromatic carbocycles. The molecule has 0 aromatic heterocycles. The normalized spacial score (nSPS) is 22.7. The first-order valence-corrected chi connectivity index (χ1v) is 7.71. The second-order valence-electron chi connectivity index (χ2n) is 4.33. The van der Waals surface area contributed by atoms with Crippen molar-refractivity contribution in [1.29, 1.82) is 0 Å². The highest BCUT2D eigenvalue weighted by atomic mass is 32.2. The lowest BCUT2D eigenvalue weighted by atomic mass is 10.0. The molecule has 2 N–H and O–H groups in total. The van der Waals surface area contributed by atoms with Crippen LogP contribution in [0.25, 0.3) is 0 Å². The molecule has 0 aromatic rings. The Morgan fingerprint density at radius 1 is 1.50 bits per heavy atom. The van der Waals surface area contributed by atoms with Gasteiger partial charge in [0.1, 0.15) is 0 Å². The maximum absolute atomic E-state index is 11.5. The molecule has 5 heteroatoms. The predicted octanol–water partition coefficient (Wildman–Crippen LogP) is 0.403. The van der Waals surface area contributed by atoms with Gasteiger partial charge in [0.2, 0.25) is 5.91 Å². The molecule has 0 spiro atoms. The highest BCUT2D eigenvalue weighted by Gasteiger charge is 2.15. The van der Waals surface area contributed by atoms with Crippen LogP contribution in [0.15, 0.2) is 0 Å². The van der Waals surface area contributed by atoms with E-state index in [0.29, 0.717) is 24.8 Å². The number of hydrogen-bond donors (Lipinski definition) is 2. The van der Waals surface area contributed by atoms with Gasteiger partial charge < -0.3 is 10.6 Å². The van der Waals surface area contributed by atoms with Crippen molar-refractivity contribution in [2.75, 3.05) is 25.1 Å². The molecular formula is C11H22N2O2S. The number of nitrogens with one attached hydrogen (secondary N) is 2. The summed E-state index contributed by atoms with van der Waals surface area (Å²) in [5.41, 5.74) is 0. The molecule has 4 nitrogen and oxygen atoms in total. The molecule has 0 bridgehead atoms. The standard InChI is InChI=1S/C11H22N2O2S/c1-16(15)8-4-7-13-11(14)9-10-5-2-3-6-12-10/h10,12H,2-9H2,1H3,(H,13,14). The van der Waals surface area contributed by atoms with E-state index in [4.69, 9.17) is 0 Å². The largest absolute Gasteiger partial charge is 0.356 e.